The number of hydrogen-bond acceptors (Lipinski definition) is 4. The average molecular weight is 321 g/mol. The van der Waals surface area contributed by atoms with Crippen LogP contribution in [0, 0.1) is 5.92 Å². The van der Waals surface area contributed by atoms with Gasteiger partial charge >= 0.3 is 10.2 Å². The molecule has 1 aliphatic carbocycles. The lowest BCUT2D eigenvalue weighted by atomic mass is 10.1. The lowest BCUT2D eigenvalue weighted by molar-refractivity contribution is 0.537. The molecule has 0 aliphatic heterocycles. The topological polar surface area (TPSA) is 80.3 Å². The van der Waals surface area contributed by atoms with Gasteiger partial charge in [-0.1, -0.05) is 6.92 Å². The van der Waals surface area contributed by atoms with E-state index >= 15 is 0 Å². The van der Waals surface area contributed by atoms with Crippen LogP contribution in [0.25, 0.3) is 0 Å². The van der Waals surface area contributed by atoms with Crippen molar-refractivity contribution in [2.75, 3.05) is 0 Å². The van der Waals surface area contributed by atoms with Crippen LogP contribution in [0.3, 0.4) is 0 Å². The van der Waals surface area contributed by atoms with E-state index in [2.05, 4.69) is 11.6 Å². The first-order valence-electron chi connectivity index (χ1n) is 6.25. The van der Waals surface area contributed by atoms with Crippen molar-refractivity contribution in [3.8, 4) is 0 Å². The Morgan fingerprint density at radius 2 is 1.60 bits per heavy atom. The maximum Gasteiger partial charge on any atom is 0.332 e. The van der Waals surface area contributed by atoms with Crippen LogP contribution >= 0.6 is 0 Å². The van der Waals surface area contributed by atoms with Crippen molar-refractivity contribution < 1.29 is 20.7 Å². The number of rotatable bonds is 4. The van der Waals surface area contributed by atoms with Crippen LogP contribution in [0.5, 0.6) is 0 Å². The summed E-state index contributed by atoms with van der Waals surface area (Å²) in [6.45, 7) is 2.06. The zero-order valence-corrected chi connectivity index (χ0v) is 12.5. The van der Waals surface area contributed by atoms with Crippen LogP contribution in [-0.2, 0) is 20.2 Å². The fourth-order valence-corrected chi connectivity index (χ4v) is 4.13. The summed E-state index contributed by atoms with van der Waals surface area (Å²) in [4.78, 5) is -0.615. The van der Waals surface area contributed by atoms with Gasteiger partial charge in [0.2, 0.25) is 10.0 Å². The molecule has 2 atom stereocenters. The summed E-state index contributed by atoms with van der Waals surface area (Å²) in [6.07, 6.45) is 2.56. The molecule has 5 nitrogen and oxygen atoms in total. The molecule has 2 rings (SSSR count). The predicted octanol–water partition coefficient (Wildman–Crippen LogP) is 1.81. The summed E-state index contributed by atoms with van der Waals surface area (Å²) < 4.78 is 60.9. The van der Waals surface area contributed by atoms with Gasteiger partial charge in [-0.25, -0.2) is 13.1 Å². The molecule has 112 valence electrons. The zero-order valence-electron chi connectivity index (χ0n) is 10.9. The SMILES string of the molecule is CC1CCC(NS(=O)(=O)c2ccc(S(=O)(=O)F)cc2)C1. The molecule has 0 amide bonds. The van der Waals surface area contributed by atoms with Crippen molar-refractivity contribution in [2.24, 2.45) is 5.92 Å². The molecule has 0 heterocycles. The third-order valence-corrected chi connectivity index (χ3v) is 5.80. The average Bonchev–Trinajstić information content (AvgIpc) is 2.73. The molecule has 1 N–H and O–H groups in total. The first kappa shape index (κ1) is 15.4. The molecule has 0 aromatic heterocycles. The van der Waals surface area contributed by atoms with Gasteiger partial charge in [0.25, 0.3) is 0 Å². The minimum Gasteiger partial charge on any atom is -0.208 e. The Bertz CT molecular complexity index is 683. The number of sulfonamides is 1. The van der Waals surface area contributed by atoms with Crippen LogP contribution in [0.1, 0.15) is 26.2 Å². The van der Waals surface area contributed by atoms with Crippen molar-refractivity contribution in [2.45, 2.75) is 42.0 Å². The van der Waals surface area contributed by atoms with E-state index in [4.69, 9.17) is 0 Å². The highest BCUT2D eigenvalue weighted by Gasteiger charge is 2.26. The molecule has 1 aliphatic rings. The highest BCUT2D eigenvalue weighted by molar-refractivity contribution is 7.89. The van der Waals surface area contributed by atoms with Gasteiger partial charge in [0.15, 0.2) is 0 Å². The molecule has 0 bridgehead atoms. The standard InChI is InChI=1S/C12H16FNO4S2/c1-9-2-3-10(8-9)14-20(17,18)12-6-4-11(5-7-12)19(13,15)16/h4-7,9-10,14H,2-3,8H2,1H3. The van der Waals surface area contributed by atoms with E-state index in [9.17, 15) is 20.7 Å². The van der Waals surface area contributed by atoms with Crippen LogP contribution in [0.4, 0.5) is 3.89 Å². The van der Waals surface area contributed by atoms with E-state index in [1.807, 2.05) is 0 Å². The number of benzene rings is 1. The van der Waals surface area contributed by atoms with Gasteiger partial charge in [-0.3, -0.25) is 0 Å². The second kappa shape index (κ2) is 5.42. The monoisotopic (exact) mass is 321 g/mol. The number of nitrogens with one attached hydrogen (secondary N) is 1. The van der Waals surface area contributed by atoms with Crippen LogP contribution in [0.15, 0.2) is 34.1 Å². The Labute approximate surface area is 118 Å². The molecule has 1 fully saturated rings. The van der Waals surface area contributed by atoms with Crippen molar-refractivity contribution in [3.05, 3.63) is 24.3 Å². The van der Waals surface area contributed by atoms with E-state index in [1.54, 1.807) is 0 Å². The van der Waals surface area contributed by atoms with Gasteiger partial charge in [-0.2, -0.15) is 8.42 Å². The summed E-state index contributed by atoms with van der Waals surface area (Å²) in [6, 6.07) is 3.97. The highest BCUT2D eigenvalue weighted by Crippen LogP contribution is 2.26. The second-order valence-corrected chi connectivity index (χ2v) is 8.21. The minimum absolute atomic E-state index is 0.0653. The van der Waals surface area contributed by atoms with Crippen LogP contribution in [0.2, 0.25) is 0 Å². The fraction of sp³-hybridized carbons (Fsp3) is 0.500. The van der Waals surface area contributed by atoms with E-state index in [-0.39, 0.29) is 10.9 Å². The molecule has 0 radical (unpaired) electrons. The van der Waals surface area contributed by atoms with Crippen molar-refractivity contribution >= 4 is 20.2 Å². The van der Waals surface area contributed by atoms with E-state index < -0.39 is 25.1 Å². The Morgan fingerprint density at radius 3 is 2.05 bits per heavy atom. The molecule has 0 saturated heterocycles. The Kier molecular flexibility index (Phi) is 4.17. The predicted molar refractivity (Wildman–Crippen MR) is 71.9 cm³/mol. The molecule has 2 unspecified atom stereocenters. The highest BCUT2D eigenvalue weighted by atomic mass is 32.3. The third-order valence-electron chi connectivity index (χ3n) is 3.43. The third kappa shape index (κ3) is 3.56. The number of hydrogen-bond donors (Lipinski definition) is 1. The normalized spacial score (nSPS) is 23.9. The molecule has 1 aromatic carbocycles. The van der Waals surface area contributed by atoms with Gasteiger partial charge in [-0.05, 0) is 49.4 Å². The zero-order chi connectivity index (χ0) is 15.0. The van der Waals surface area contributed by atoms with Crippen LogP contribution < -0.4 is 4.72 Å². The summed E-state index contributed by atoms with van der Waals surface area (Å²) in [5.41, 5.74) is 0. The summed E-state index contributed by atoms with van der Waals surface area (Å²) in [5.74, 6) is 0.488. The fourth-order valence-electron chi connectivity index (χ4n) is 2.38. The Morgan fingerprint density at radius 1 is 1.05 bits per heavy atom. The first-order chi connectivity index (χ1) is 9.18. The molecule has 8 heteroatoms. The Balaban J connectivity index is 2.18. The van der Waals surface area contributed by atoms with Gasteiger partial charge in [0, 0.05) is 6.04 Å². The van der Waals surface area contributed by atoms with E-state index in [0.717, 1.165) is 43.5 Å². The molecular formula is C12H16FNO4S2. The summed E-state index contributed by atoms with van der Waals surface area (Å²) >= 11 is 0. The van der Waals surface area contributed by atoms with Gasteiger partial charge in [-0.15, -0.1) is 3.89 Å². The van der Waals surface area contributed by atoms with E-state index in [1.165, 1.54) is 0 Å². The quantitative estimate of drug-likeness (QED) is 0.858. The van der Waals surface area contributed by atoms with Gasteiger partial charge < -0.3 is 0 Å². The number of halogens is 1. The summed E-state index contributed by atoms with van der Waals surface area (Å²) in [5, 5.41) is 0. The molecular weight excluding hydrogens is 305 g/mol. The molecule has 1 aromatic rings. The minimum atomic E-state index is -4.81. The van der Waals surface area contributed by atoms with Gasteiger partial charge in [0.05, 0.1) is 9.79 Å². The molecule has 0 spiro atoms. The first-order valence-corrected chi connectivity index (χ1v) is 9.12. The maximum atomic E-state index is 12.7. The lowest BCUT2D eigenvalue weighted by Crippen LogP contribution is -2.32. The maximum absolute atomic E-state index is 12.7. The molecule has 1 saturated carbocycles. The lowest BCUT2D eigenvalue weighted by Gasteiger charge is -2.13. The van der Waals surface area contributed by atoms with Crippen molar-refractivity contribution in [1.29, 1.82) is 0 Å². The van der Waals surface area contributed by atoms with E-state index in [0.29, 0.717) is 5.92 Å². The van der Waals surface area contributed by atoms with Gasteiger partial charge in [0.1, 0.15) is 0 Å². The van der Waals surface area contributed by atoms with Crippen molar-refractivity contribution in [1.82, 2.24) is 4.72 Å². The second-order valence-electron chi connectivity index (χ2n) is 5.15. The Hall–Kier alpha value is -0.990. The van der Waals surface area contributed by atoms with Crippen LogP contribution in [-0.4, -0.2) is 22.9 Å². The largest absolute Gasteiger partial charge is 0.332 e. The van der Waals surface area contributed by atoms with Crippen molar-refractivity contribution in [3.63, 3.8) is 0 Å². The summed E-state index contributed by atoms with van der Waals surface area (Å²) in [7, 11) is -8.51. The smallest absolute Gasteiger partial charge is 0.208 e. The molecule has 20 heavy (non-hydrogen) atoms.